The molecule has 6 aliphatic rings. The van der Waals surface area contributed by atoms with Gasteiger partial charge in [-0.3, -0.25) is 0 Å². The average molecular weight is 1560 g/mol. The summed E-state index contributed by atoms with van der Waals surface area (Å²) in [4.78, 5) is 5.11. The van der Waals surface area contributed by atoms with Crippen molar-refractivity contribution in [3.05, 3.63) is 571 Å². The normalized spacial score (nSPS) is 16.6. The highest BCUT2D eigenvalue weighted by molar-refractivity contribution is 6.16. The third kappa shape index (κ3) is 11.8. The minimum Gasteiger partial charge on any atom is -0.330 e. The highest BCUT2D eigenvalue weighted by Crippen LogP contribution is 2.70. The van der Waals surface area contributed by atoms with Crippen molar-refractivity contribution in [1.29, 1.82) is 0 Å². The van der Waals surface area contributed by atoms with Crippen molar-refractivity contribution < 1.29 is 0 Å². The lowest BCUT2D eigenvalue weighted by molar-refractivity contribution is 0.800. The molecule has 122 heavy (non-hydrogen) atoms. The van der Waals surface area contributed by atoms with E-state index in [0.717, 1.165) is 0 Å². The fourth-order valence-corrected chi connectivity index (χ4v) is 21.7. The molecule has 18 aromatic rings. The molecule has 0 spiro atoms. The van der Waals surface area contributed by atoms with Crippen LogP contribution in [0.1, 0.15) is 146 Å². The van der Waals surface area contributed by atoms with Crippen LogP contribution in [0.2, 0.25) is 0 Å². The molecular formula is C120H90N2. The summed E-state index contributed by atoms with van der Waals surface area (Å²) in [5.74, 6) is 0.486. The molecule has 4 atom stereocenters. The van der Waals surface area contributed by atoms with Gasteiger partial charge in [0.2, 0.25) is 0 Å². The first-order valence-corrected chi connectivity index (χ1v) is 43.1. The number of aryl methyl sites for hydroxylation is 4. The van der Waals surface area contributed by atoms with Gasteiger partial charge in [-0.15, -0.1) is 0 Å². The molecule has 0 aromatic heterocycles. The molecule has 0 saturated carbocycles. The third-order valence-electron chi connectivity index (χ3n) is 26.9. The van der Waals surface area contributed by atoms with Crippen LogP contribution in [0.25, 0.3) is 55.0 Å². The van der Waals surface area contributed by atoms with Gasteiger partial charge in [-0.25, -0.2) is 0 Å². The Balaban J connectivity index is 0.000000110. The second kappa shape index (κ2) is 30.3. The van der Waals surface area contributed by atoms with Gasteiger partial charge in [0.25, 0.3) is 0 Å². The van der Waals surface area contributed by atoms with Gasteiger partial charge in [0.1, 0.15) is 0 Å². The minimum absolute atomic E-state index is 0.0145. The number of benzene rings is 18. The molecular weight excluding hydrogens is 1470 g/mol. The van der Waals surface area contributed by atoms with Crippen molar-refractivity contribution in [2.24, 2.45) is 0 Å². The number of hydrogen-bond acceptors (Lipinski definition) is 2. The molecule has 6 aliphatic carbocycles. The average Bonchev–Trinajstić information content (AvgIpc) is 1.49. The molecule has 0 radical (unpaired) electrons. The topological polar surface area (TPSA) is 6.48 Å². The van der Waals surface area contributed by atoms with Gasteiger partial charge in [-0.05, 0) is 231 Å². The summed E-state index contributed by atoms with van der Waals surface area (Å²) in [5, 5.41) is 5.20. The number of fused-ring (bicyclic) bond motifs is 14. The summed E-state index contributed by atoms with van der Waals surface area (Å²) in [5.41, 5.74) is 41.8. The standard InChI is InChI=1S/C44H38N2.C40H28.C36H24/c1-29-13-21-33(22-14-29)45(34-23-15-30(2)16-24-34)43-39-11-7-5-9-37(39)42-41(43)38-10-6-8-12-40(38)44(42)46(35-25-17-31(3)18-26-35)36-27-19-32(4)20-28-36;1-5-17-29(18-6-1)39(30-19-7-2-8-20-30)35-27-15-13-25-33(35)38-37(39)34-26-14-16-28-36(34)40(38,31-21-9-3-10-22-31)32-23-11-4-12-24-32;1-3-11-25-21-27(19-17-23(25)9-1)33-29-13-5-7-15-31(29)36-34(30-14-6-8-16-32(30)35(33)36)28-20-18-24-10-2-4-12-26(24)22-28/h5-28,43-44H,1-4H3;1-28H;1-22,33-34H. The third-order valence-corrected chi connectivity index (χ3v) is 26.9. The molecule has 0 heterocycles. The maximum atomic E-state index is 2.56. The molecule has 580 valence electrons. The van der Waals surface area contributed by atoms with Gasteiger partial charge in [0, 0.05) is 34.6 Å². The van der Waals surface area contributed by atoms with E-state index in [0.29, 0.717) is 0 Å². The predicted molar refractivity (Wildman–Crippen MR) is 511 cm³/mol. The van der Waals surface area contributed by atoms with Crippen LogP contribution < -0.4 is 9.80 Å². The monoisotopic (exact) mass is 1560 g/mol. The Bertz CT molecular complexity index is 6560. The van der Waals surface area contributed by atoms with E-state index < -0.39 is 10.8 Å². The van der Waals surface area contributed by atoms with Crippen molar-refractivity contribution >= 4 is 77.7 Å². The summed E-state index contributed by atoms with van der Waals surface area (Å²) >= 11 is 0. The van der Waals surface area contributed by atoms with E-state index in [-0.39, 0.29) is 23.9 Å². The maximum Gasteiger partial charge on any atom is 0.0860 e. The largest absolute Gasteiger partial charge is 0.330 e. The summed E-state index contributed by atoms with van der Waals surface area (Å²) < 4.78 is 0. The number of anilines is 4. The quantitative estimate of drug-likeness (QED) is 0.120. The van der Waals surface area contributed by atoms with E-state index in [4.69, 9.17) is 0 Å². The highest BCUT2D eigenvalue weighted by atomic mass is 15.2. The first-order chi connectivity index (χ1) is 60.2. The Kier molecular flexibility index (Phi) is 18.3. The van der Waals surface area contributed by atoms with Gasteiger partial charge in [-0.1, -0.05) is 423 Å². The lowest BCUT2D eigenvalue weighted by Gasteiger charge is -2.37. The summed E-state index contributed by atoms with van der Waals surface area (Å²) in [7, 11) is 0. The van der Waals surface area contributed by atoms with E-state index in [1.54, 1.807) is 0 Å². The molecule has 24 rings (SSSR count). The second-order valence-electron chi connectivity index (χ2n) is 33.8. The zero-order valence-corrected chi connectivity index (χ0v) is 68.9. The number of allylic oxidation sites excluding steroid dienone is 4. The Hall–Kier alpha value is -14.7. The molecule has 0 N–H and O–H groups in total. The van der Waals surface area contributed by atoms with Gasteiger partial charge in [0.05, 0.1) is 22.9 Å². The van der Waals surface area contributed by atoms with Crippen LogP contribution in [0.4, 0.5) is 22.7 Å². The maximum absolute atomic E-state index is 2.56. The summed E-state index contributed by atoms with van der Waals surface area (Å²) in [6.45, 7) is 8.64. The van der Waals surface area contributed by atoms with Gasteiger partial charge in [-0.2, -0.15) is 0 Å². The zero-order chi connectivity index (χ0) is 81.6. The molecule has 0 amide bonds. The smallest absolute Gasteiger partial charge is 0.0860 e. The van der Waals surface area contributed by atoms with Gasteiger partial charge < -0.3 is 9.80 Å². The van der Waals surface area contributed by atoms with E-state index >= 15 is 0 Å². The fourth-order valence-electron chi connectivity index (χ4n) is 21.7. The van der Waals surface area contributed by atoms with Crippen molar-refractivity contribution in [3.63, 3.8) is 0 Å². The van der Waals surface area contributed by atoms with Crippen LogP contribution in [-0.2, 0) is 10.8 Å². The summed E-state index contributed by atoms with van der Waals surface area (Å²) in [6.07, 6.45) is 0. The predicted octanol–water partition coefficient (Wildman–Crippen LogP) is 30.1. The Morgan fingerprint density at radius 1 is 0.197 bits per heavy atom. The van der Waals surface area contributed by atoms with Crippen molar-refractivity contribution in [1.82, 2.24) is 0 Å². The molecule has 0 fully saturated rings. The number of rotatable bonds is 12. The lowest BCUT2D eigenvalue weighted by atomic mass is 9.64. The first kappa shape index (κ1) is 73.7. The molecule has 2 nitrogen and oxygen atoms in total. The van der Waals surface area contributed by atoms with Crippen LogP contribution in [0.3, 0.4) is 0 Å². The van der Waals surface area contributed by atoms with Crippen LogP contribution in [0.15, 0.2) is 449 Å². The Morgan fingerprint density at radius 2 is 0.443 bits per heavy atom. The molecule has 4 unspecified atom stereocenters. The Morgan fingerprint density at radius 3 is 0.754 bits per heavy atom. The molecule has 2 heteroatoms. The minimum atomic E-state index is -0.449. The molecule has 0 aliphatic heterocycles. The molecule has 18 aromatic carbocycles. The molecule has 0 saturated heterocycles. The van der Waals surface area contributed by atoms with E-state index in [1.807, 2.05) is 0 Å². The summed E-state index contributed by atoms with van der Waals surface area (Å²) in [6, 6.07) is 167. The van der Waals surface area contributed by atoms with Crippen LogP contribution in [-0.4, -0.2) is 0 Å². The SMILES string of the molecule is Cc1ccc(N(c2ccc(C)cc2)C2C3=C(c4ccccc42)C(N(c2ccc(C)cc2)c2ccc(C)cc2)c2ccccc23)cc1.c1ccc(C2(c3ccccc3)C3=C(c4ccccc42)C(c2ccccc2)(c2ccccc2)c2ccccc23)cc1.c1ccc2c(c1)C1=C(c3ccccc3C1c1ccc3ccccc3c1)C2c1ccc2ccccc2c1. The molecule has 0 bridgehead atoms. The Labute approximate surface area is 716 Å². The zero-order valence-electron chi connectivity index (χ0n) is 68.9. The first-order valence-electron chi connectivity index (χ1n) is 43.1. The highest BCUT2D eigenvalue weighted by Gasteiger charge is 2.59. The van der Waals surface area contributed by atoms with Crippen LogP contribution in [0, 0.1) is 27.7 Å². The number of nitrogens with zero attached hydrogens (tertiary/aromatic N) is 2. The lowest BCUT2D eigenvalue weighted by Crippen LogP contribution is -2.30. The van der Waals surface area contributed by atoms with Crippen molar-refractivity contribution in [2.75, 3.05) is 9.80 Å². The van der Waals surface area contributed by atoms with Crippen molar-refractivity contribution in [2.45, 2.75) is 62.4 Å². The van der Waals surface area contributed by atoms with Crippen molar-refractivity contribution in [3.8, 4) is 0 Å². The fraction of sp³-hybridized carbons (Fsp3) is 0.0833. The van der Waals surface area contributed by atoms with Gasteiger partial charge in [0.15, 0.2) is 0 Å². The van der Waals surface area contributed by atoms with Gasteiger partial charge >= 0.3 is 0 Å². The second-order valence-corrected chi connectivity index (χ2v) is 33.8. The van der Waals surface area contributed by atoms with E-state index in [2.05, 4.69) is 486 Å². The van der Waals surface area contributed by atoms with Crippen LogP contribution >= 0.6 is 0 Å². The van der Waals surface area contributed by atoms with E-state index in [9.17, 15) is 0 Å². The number of hydrogen-bond donors (Lipinski definition) is 0. The van der Waals surface area contributed by atoms with Crippen LogP contribution in [0.5, 0.6) is 0 Å². The van der Waals surface area contributed by atoms with E-state index in [1.165, 1.54) is 200 Å².